The second kappa shape index (κ2) is 8.62. The molecule has 2 aromatic rings. The van der Waals surface area contributed by atoms with E-state index in [1.807, 2.05) is 6.07 Å². The summed E-state index contributed by atoms with van der Waals surface area (Å²) in [7, 11) is 0. The zero-order valence-electron chi connectivity index (χ0n) is 15.3. The lowest BCUT2D eigenvalue weighted by Crippen LogP contribution is -2.49. The number of nitrogens with zero attached hydrogens (tertiary/aromatic N) is 2. The first kappa shape index (κ1) is 19.5. The van der Waals surface area contributed by atoms with Gasteiger partial charge in [-0.2, -0.15) is 0 Å². The van der Waals surface area contributed by atoms with Crippen LogP contribution in [0.5, 0.6) is 0 Å². The zero-order chi connectivity index (χ0) is 20.1. The van der Waals surface area contributed by atoms with Gasteiger partial charge in [0.1, 0.15) is 6.04 Å². The minimum Gasteiger partial charge on any atom is -0.326 e. The highest BCUT2D eigenvalue weighted by Gasteiger charge is 2.43. The third kappa shape index (κ3) is 4.17. The number of amides is 3. The van der Waals surface area contributed by atoms with Crippen molar-refractivity contribution in [1.82, 2.24) is 15.3 Å². The van der Waals surface area contributed by atoms with Crippen LogP contribution in [-0.4, -0.2) is 45.3 Å². The van der Waals surface area contributed by atoms with E-state index in [0.29, 0.717) is 17.8 Å². The molecular weight excluding hydrogens is 376 g/mol. The van der Waals surface area contributed by atoms with Crippen LogP contribution in [0.3, 0.4) is 0 Å². The molecule has 0 aromatic heterocycles. The zero-order valence-corrected chi connectivity index (χ0v) is 16.1. The van der Waals surface area contributed by atoms with Gasteiger partial charge in [-0.15, -0.1) is 0 Å². The molecule has 0 saturated carbocycles. The fourth-order valence-electron chi connectivity index (χ4n) is 2.92. The van der Waals surface area contributed by atoms with Gasteiger partial charge in [0.05, 0.1) is 6.42 Å². The van der Waals surface area contributed by atoms with Gasteiger partial charge in [-0.05, 0) is 43.4 Å². The largest absolute Gasteiger partial charge is 0.326 e. The predicted molar refractivity (Wildman–Crippen MR) is 109 cm³/mol. The number of hydrogen-bond acceptors (Lipinski definition) is 4. The van der Waals surface area contributed by atoms with Crippen molar-refractivity contribution in [2.45, 2.75) is 19.4 Å². The Labute approximate surface area is 168 Å². The second-order valence-corrected chi connectivity index (χ2v) is 6.54. The van der Waals surface area contributed by atoms with Gasteiger partial charge in [0.25, 0.3) is 11.8 Å². The molecule has 1 unspecified atom stereocenters. The Morgan fingerprint density at radius 3 is 2.25 bits per heavy atom. The molecule has 0 spiro atoms. The number of hydrazine groups is 1. The highest BCUT2D eigenvalue weighted by Crippen LogP contribution is 2.20. The Kier molecular flexibility index (Phi) is 6.00. The number of likely N-dealkylation sites (N-methyl/N-ethyl adjacent to an activating group) is 1. The first-order valence-corrected chi connectivity index (χ1v) is 9.27. The molecule has 144 valence electrons. The Balaban J connectivity index is 1.75. The van der Waals surface area contributed by atoms with E-state index in [4.69, 9.17) is 12.2 Å². The van der Waals surface area contributed by atoms with Crippen molar-refractivity contribution in [3.8, 4) is 0 Å². The van der Waals surface area contributed by atoms with E-state index < -0.39 is 11.9 Å². The number of carbonyl (C=O) groups excluding carboxylic acids is 3. The maximum absolute atomic E-state index is 12.7. The first-order chi connectivity index (χ1) is 13.5. The molecule has 1 saturated heterocycles. The average Bonchev–Trinajstić information content (AvgIpc) is 2.92. The minimum atomic E-state index is -0.899. The Morgan fingerprint density at radius 2 is 1.64 bits per heavy atom. The number of anilines is 1. The molecule has 2 N–H and O–H groups in total. The SMILES string of the molecule is CCN1C(=O)C(CC(=O)Nc2ccccc2)N(NC(=O)c2ccccc2)C1=S. The number of rotatable bonds is 6. The lowest BCUT2D eigenvalue weighted by atomic mass is 10.2. The highest BCUT2D eigenvalue weighted by atomic mass is 32.1. The van der Waals surface area contributed by atoms with Gasteiger partial charge < -0.3 is 5.32 Å². The quantitative estimate of drug-likeness (QED) is 0.732. The summed E-state index contributed by atoms with van der Waals surface area (Å²) < 4.78 is 0. The van der Waals surface area contributed by atoms with Crippen LogP contribution < -0.4 is 10.7 Å². The summed E-state index contributed by atoms with van der Waals surface area (Å²) in [5.74, 6) is -1.06. The standard InChI is InChI=1S/C20H20N4O3S/c1-2-23-19(27)16(13-17(25)21-15-11-7-4-8-12-15)24(20(23)28)22-18(26)14-9-5-3-6-10-14/h3-12,16H,2,13H2,1H3,(H,21,25)(H,22,26). The molecule has 2 aromatic carbocycles. The smallest absolute Gasteiger partial charge is 0.269 e. The van der Waals surface area contributed by atoms with E-state index in [1.54, 1.807) is 61.5 Å². The minimum absolute atomic E-state index is 0.139. The first-order valence-electron chi connectivity index (χ1n) is 8.86. The molecule has 28 heavy (non-hydrogen) atoms. The molecule has 0 radical (unpaired) electrons. The average molecular weight is 396 g/mol. The summed E-state index contributed by atoms with van der Waals surface area (Å²) in [5, 5.41) is 4.23. The molecule has 0 aliphatic carbocycles. The molecule has 0 bridgehead atoms. The van der Waals surface area contributed by atoms with Gasteiger partial charge in [-0.1, -0.05) is 36.4 Å². The number of carbonyl (C=O) groups is 3. The normalized spacial score (nSPS) is 16.2. The molecule has 8 heteroatoms. The van der Waals surface area contributed by atoms with E-state index in [9.17, 15) is 14.4 Å². The van der Waals surface area contributed by atoms with Crippen LogP contribution in [0.15, 0.2) is 60.7 Å². The van der Waals surface area contributed by atoms with Crippen LogP contribution in [0.1, 0.15) is 23.7 Å². The Bertz CT molecular complexity index is 889. The van der Waals surface area contributed by atoms with E-state index >= 15 is 0 Å². The number of thiocarbonyl (C=S) groups is 1. The molecule has 3 rings (SSSR count). The fourth-order valence-corrected chi connectivity index (χ4v) is 3.31. The third-order valence-corrected chi connectivity index (χ3v) is 4.73. The van der Waals surface area contributed by atoms with Crippen molar-refractivity contribution in [1.29, 1.82) is 0 Å². The van der Waals surface area contributed by atoms with Gasteiger partial charge in [0.15, 0.2) is 5.11 Å². The summed E-state index contributed by atoms with van der Waals surface area (Å²) in [6, 6.07) is 16.7. The van der Waals surface area contributed by atoms with Gasteiger partial charge in [0, 0.05) is 17.8 Å². The number of nitrogens with one attached hydrogen (secondary N) is 2. The highest BCUT2D eigenvalue weighted by molar-refractivity contribution is 7.80. The van der Waals surface area contributed by atoms with Crippen molar-refractivity contribution >= 4 is 40.7 Å². The van der Waals surface area contributed by atoms with Gasteiger partial charge in [-0.25, -0.2) is 5.01 Å². The monoisotopic (exact) mass is 396 g/mol. The number of benzene rings is 2. The topological polar surface area (TPSA) is 81.8 Å². The molecular formula is C20H20N4O3S. The maximum atomic E-state index is 12.7. The third-order valence-electron chi connectivity index (χ3n) is 4.31. The summed E-state index contributed by atoms with van der Waals surface area (Å²) >= 11 is 5.35. The van der Waals surface area contributed by atoms with Crippen molar-refractivity contribution < 1.29 is 14.4 Å². The summed E-state index contributed by atoms with van der Waals surface area (Å²) in [6.07, 6.45) is -0.139. The molecule has 1 fully saturated rings. The van der Waals surface area contributed by atoms with Crippen molar-refractivity contribution in [3.63, 3.8) is 0 Å². The van der Waals surface area contributed by atoms with Crippen molar-refractivity contribution in [2.75, 3.05) is 11.9 Å². The van der Waals surface area contributed by atoms with Crippen LogP contribution >= 0.6 is 12.2 Å². The summed E-state index contributed by atoms with van der Waals surface area (Å²) in [6.45, 7) is 2.14. The van der Waals surface area contributed by atoms with Crippen LogP contribution in [0, 0.1) is 0 Å². The number of hydrogen-bond donors (Lipinski definition) is 2. The van der Waals surface area contributed by atoms with E-state index in [-0.39, 0.29) is 23.3 Å². The molecule has 1 aliphatic heterocycles. The molecule has 7 nitrogen and oxygen atoms in total. The van der Waals surface area contributed by atoms with Gasteiger partial charge >= 0.3 is 0 Å². The summed E-state index contributed by atoms with van der Waals surface area (Å²) in [5.41, 5.74) is 3.73. The van der Waals surface area contributed by atoms with Crippen molar-refractivity contribution in [2.24, 2.45) is 0 Å². The van der Waals surface area contributed by atoms with Crippen LogP contribution in [0.4, 0.5) is 5.69 Å². The molecule has 1 aliphatic rings. The molecule has 1 heterocycles. The lowest BCUT2D eigenvalue weighted by molar-refractivity contribution is -0.130. The summed E-state index contributed by atoms with van der Waals surface area (Å²) in [4.78, 5) is 39.1. The molecule has 3 amide bonds. The van der Waals surface area contributed by atoms with Crippen molar-refractivity contribution in [3.05, 3.63) is 66.2 Å². The number of para-hydroxylation sites is 1. The molecule has 1 atom stereocenters. The van der Waals surface area contributed by atoms with E-state index in [1.165, 1.54) is 9.91 Å². The lowest BCUT2D eigenvalue weighted by Gasteiger charge is -2.24. The van der Waals surface area contributed by atoms with Crippen LogP contribution in [-0.2, 0) is 9.59 Å². The Morgan fingerprint density at radius 1 is 1.04 bits per heavy atom. The fraction of sp³-hybridized carbons (Fsp3) is 0.200. The van der Waals surface area contributed by atoms with E-state index in [0.717, 1.165) is 0 Å². The van der Waals surface area contributed by atoms with Crippen LogP contribution in [0.2, 0.25) is 0 Å². The second-order valence-electron chi connectivity index (χ2n) is 6.18. The van der Waals surface area contributed by atoms with E-state index in [2.05, 4.69) is 10.7 Å². The Hall–Kier alpha value is -3.26. The predicted octanol–water partition coefficient (Wildman–Crippen LogP) is 2.18. The van der Waals surface area contributed by atoms with Gasteiger partial charge in [0.2, 0.25) is 5.91 Å². The van der Waals surface area contributed by atoms with Crippen LogP contribution in [0.25, 0.3) is 0 Å². The van der Waals surface area contributed by atoms with Gasteiger partial charge in [-0.3, -0.25) is 24.7 Å². The maximum Gasteiger partial charge on any atom is 0.269 e.